The van der Waals surface area contributed by atoms with Crippen molar-refractivity contribution >= 4 is 28.8 Å². The topological polar surface area (TPSA) is 68.5 Å². The van der Waals surface area contributed by atoms with Crippen LogP contribution < -0.4 is 0 Å². The van der Waals surface area contributed by atoms with Gasteiger partial charge in [-0.2, -0.15) is 0 Å². The minimum absolute atomic E-state index is 0.00696. The number of carbonyl (C=O) groups excluding carboxylic acids is 1. The van der Waals surface area contributed by atoms with E-state index >= 15 is 0 Å². The second-order valence-corrected chi connectivity index (χ2v) is 9.84. The van der Waals surface area contributed by atoms with Gasteiger partial charge in [0, 0.05) is 37.3 Å². The smallest absolute Gasteiger partial charge is 0.264 e. The molecule has 0 aliphatic carbocycles. The zero-order valence-corrected chi connectivity index (χ0v) is 18.2. The summed E-state index contributed by atoms with van der Waals surface area (Å²) in [4.78, 5) is 15.7. The van der Waals surface area contributed by atoms with Crippen LogP contribution in [0.5, 0.6) is 0 Å². The van der Waals surface area contributed by atoms with Gasteiger partial charge in [-0.15, -0.1) is 21.5 Å². The van der Waals surface area contributed by atoms with Crippen LogP contribution in [0.15, 0.2) is 40.8 Å². The molecule has 1 aromatic carbocycles. The number of nitrogens with zero attached hydrogens (tertiary/aromatic N) is 3. The third kappa shape index (κ3) is 3.55. The molecule has 0 saturated carbocycles. The third-order valence-corrected chi connectivity index (χ3v) is 7.46. The quantitative estimate of drug-likeness (QED) is 0.581. The van der Waals surface area contributed by atoms with Gasteiger partial charge in [0.1, 0.15) is 0 Å². The lowest BCUT2D eigenvalue weighted by Gasteiger charge is -2.36. The highest BCUT2D eigenvalue weighted by Crippen LogP contribution is 2.49. The molecule has 4 heterocycles. The molecule has 2 aromatic heterocycles. The maximum atomic E-state index is 13.1. The predicted octanol–water partition coefficient (Wildman–Crippen LogP) is 4.80. The number of amides is 1. The van der Waals surface area contributed by atoms with Gasteiger partial charge < -0.3 is 14.1 Å². The highest BCUT2D eigenvalue weighted by atomic mass is 35.5. The van der Waals surface area contributed by atoms with Crippen LogP contribution >= 0.6 is 22.9 Å². The van der Waals surface area contributed by atoms with Gasteiger partial charge in [-0.3, -0.25) is 4.79 Å². The van der Waals surface area contributed by atoms with Crippen LogP contribution in [0.3, 0.4) is 0 Å². The molecule has 30 heavy (non-hydrogen) atoms. The average molecular weight is 444 g/mol. The first kappa shape index (κ1) is 19.7. The first-order chi connectivity index (χ1) is 14.5. The molecule has 156 valence electrons. The largest absolute Gasteiger partial charge is 0.420 e. The van der Waals surface area contributed by atoms with Gasteiger partial charge in [-0.05, 0) is 44.0 Å². The Labute approximate surface area is 183 Å². The van der Waals surface area contributed by atoms with Gasteiger partial charge >= 0.3 is 0 Å². The van der Waals surface area contributed by atoms with E-state index in [1.807, 2.05) is 36.1 Å². The van der Waals surface area contributed by atoms with Gasteiger partial charge in [0.25, 0.3) is 5.91 Å². The number of aryl methyl sites for hydroxylation is 1. The van der Waals surface area contributed by atoms with Crippen molar-refractivity contribution in [2.45, 2.75) is 25.7 Å². The number of carbonyl (C=O) groups is 1. The fourth-order valence-electron chi connectivity index (χ4n) is 4.52. The van der Waals surface area contributed by atoms with E-state index in [9.17, 15) is 4.79 Å². The molecule has 1 spiro atoms. The molecule has 8 heteroatoms. The average Bonchev–Trinajstić information content (AvgIpc) is 3.48. The minimum Gasteiger partial charge on any atom is -0.420 e. The van der Waals surface area contributed by atoms with Gasteiger partial charge in [-0.25, -0.2) is 0 Å². The number of thiophene rings is 1. The summed E-state index contributed by atoms with van der Waals surface area (Å²) in [5.41, 5.74) is 1.98. The number of rotatable bonds is 3. The number of ether oxygens (including phenoxy) is 1. The van der Waals surface area contributed by atoms with E-state index < -0.39 is 0 Å². The van der Waals surface area contributed by atoms with Crippen molar-refractivity contribution in [2.75, 3.05) is 26.3 Å². The van der Waals surface area contributed by atoms with Crippen molar-refractivity contribution in [3.05, 3.63) is 57.1 Å². The van der Waals surface area contributed by atoms with E-state index in [1.54, 1.807) is 12.1 Å². The van der Waals surface area contributed by atoms with Crippen molar-refractivity contribution in [3.63, 3.8) is 0 Å². The Bertz CT molecular complexity index is 1060. The van der Waals surface area contributed by atoms with E-state index in [4.69, 9.17) is 20.8 Å². The number of benzene rings is 1. The number of hydrogen-bond donors (Lipinski definition) is 0. The molecule has 2 fully saturated rings. The number of likely N-dealkylation sites (tertiary alicyclic amines) is 1. The van der Waals surface area contributed by atoms with Gasteiger partial charge in [0.05, 0.1) is 15.1 Å². The highest BCUT2D eigenvalue weighted by Gasteiger charge is 2.51. The number of halogens is 1. The van der Waals surface area contributed by atoms with Crippen LogP contribution in [0.25, 0.3) is 11.5 Å². The second-order valence-electron chi connectivity index (χ2n) is 8.13. The summed E-state index contributed by atoms with van der Waals surface area (Å²) in [6, 6.07) is 11.6. The number of aromatic nitrogens is 2. The summed E-state index contributed by atoms with van der Waals surface area (Å²) in [5, 5.41) is 8.71. The molecule has 5 rings (SSSR count). The normalized spacial score (nSPS) is 20.7. The molecule has 0 radical (unpaired) electrons. The zero-order chi connectivity index (χ0) is 20.7. The molecule has 0 bridgehead atoms. The molecule has 2 aliphatic rings. The molecular formula is C22H22ClN3O3S. The van der Waals surface area contributed by atoms with E-state index in [0.29, 0.717) is 47.3 Å². The van der Waals surface area contributed by atoms with E-state index in [-0.39, 0.29) is 17.2 Å². The van der Waals surface area contributed by atoms with Crippen molar-refractivity contribution < 1.29 is 13.9 Å². The van der Waals surface area contributed by atoms with Crippen LogP contribution in [0.1, 0.15) is 39.9 Å². The van der Waals surface area contributed by atoms with Crippen molar-refractivity contribution in [1.82, 2.24) is 15.1 Å². The molecule has 2 aliphatic heterocycles. The standard InChI is InChI=1S/C22H22ClN3O3S/c1-14-2-4-15(5-3-14)19-24-25-20(29-19)16-12-26(13-22(16)8-10-28-11-9-22)21(27)17-6-7-18(23)30-17/h2-7,16H,8-13H2,1H3. The Kier molecular flexibility index (Phi) is 5.13. The van der Waals surface area contributed by atoms with Crippen molar-refractivity contribution in [2.24, 2.45) is 5.41 Å². The summed E-state index contributed by atoms with van der Waals surface area (Å²) < 4.78 is 12.4. The second kappa shape index (κ2) is 7.80. The van der Waals surface area contributed by atoms with Gasteiger partial charge in [-0.1, -0.05) is 29.3 Å². The van der Waals surface area contributed by atoms with Crippen LogP contribution in [0.2, 0.25) is 4.34 Å². The summed E-state index contributed by atoms with van der Waals surface area (Å²) in [7, 11) is 0. The Morgan fingerprint density at radius 2 is 1.93 bits per heavy atom. The Hall–Kier alpha value is -2.22. The zero-order valence-electron chi connectivity index (χ0n) is 16.6. The van der Waals surface area contributed by atoms with Crippen molar-refractivity contribution in [1.29, 1.82) is 0 Å². The van der Waals surface area contributed by atoms with E-state index in [2.05, 4.69) is 10.2 Å². The highest BCUT2D eigenvalue weighted by molar-refractivity contribution is 7.17. The first-order valence-electron chi connectivity index (χ1n) is 10.1. The summed E-state index contributed by atoms with van der Waals surface area (Å²) in [6.45, 7) is 4.63. The molecular weight excluding hydrogens is 422 g/mol. The predicted molar refractivity (Wildman–Crippen MR) is 115 cm³/mol. The van der Waals surface area contributed by atoms with Gasteiger partial charge in [0.2, 0.25) is 11.8 Å². The molecule has 3 aromatic rings. The molecule has 1 atom stereocenters. The first-order valence-corrected chi connectivity index (χ1v) is 11.3. The summed E-state index contributed by atoms with van der Waals surface area (Å²) in [6.07, 6.45) is 1.74. The lowest BCUT2D eigenvalue weighted by atomic mass is 9.72. The maximum absolute atomic E-state index is 13.1. The minimum atomic E-state index is -0.105. The Morgan fingerprint density at radius 1 is 1.17 bits per heavy atom. The lowest BCUT2D eigenvalue weighted by Crippen LogP contribution is -2.37. The monoisotopic (exact) mass is 443 g/mol. The fraction of sp³-hybridized carbons (Fsp3) is 0.409. The van der Waals surface area contributed by atoms with Crippen LogP contribution in [0, 0.1) is 12.3 Å². The van der Waals surface area contributed by atoms with Crippen LogP contribution in [0.4, 0.5) is 0 Å². The SMILES string of the molecule is Cc1ccc(-c2nnc(C3CN(C(=O)c4ccc(Cl)s4)CC34CCOCC4)o2)cc1. The van der Waals surface area contributed by atoms with Crippen molar-refractivity contribution in [3.8, 4) is 11.5 Å². The Morgan fingerprint density at radius 3 is 2.63 bits per heavy atom. The van der Waals surface area contributed by atoms with E-state index in [1.165, 1.54) is 16.9 Å². The number of hydrogen-bond acceptors (Lipinski definition) is 6. The molecule has 1 amide bonds. The van der Waals surface area contributed by atoms with Gasteiger partial charge in [0.15, 0.2) is 0 Å². The molecule has 1 unspecified atom stereocenters. The molecule has 2 saturated heterocycles. The fourth-order valence-corrected chi connectivity index (χ4v) is 5.53. The van der Waals surface area contributed by atoms with Crippen LogP contribution in [-0.2, 0) is 4.74 Å². The maximum Gasteiger partial charge on any atom is 0.264 e. The third-order valence-electron chi connectivity index (χ3n) is 6.24. The Balaban J connectivity index is 1.45. The summed E-state index contributed by atoms with van der Waals surface area (Å²) in [5.74, 6) is 1.13. The summed E-state index contributed by atoms with van der Waals surface area (Å²) >= 11 is 7.36. The van der Waals surface area contributed by atoms with E-state index in [0.717, 1.165) is 18.4 Å². The molecule has 6 nitrogen and oxygen atoms in total. The lowest BCUT2D eigenvalue weighted by molar-refractivity contribution is 0.00911. The van der Waals surface area contributed by atoms with Crippen LogP contribution in [-0.4, -0.2) is 47.3 Å². The molecule has 0 N–H and O–H groups in total.